The fourth-order valence-electron chi connectivity index (χ4n) is 0.956. The molecule has 1 rings (SSSR count). The minimum atomic E-state index is -0.257. The molecular formula is C7H11N7O. The number of unbranched alkanes of at least 4 members (excludes halogenated alkanes) is 1. The van der Waals surface area contributed by atoms with Gasteiger partial charge in [-0.1, -0.05) is 5.11 Å². The SMILES string of the molecule is [N-]=[N+]=NCCCCNC(=O)c1cn[nH]n1. The Morgan fingerprint density at radius 1 is 1.67 bits per heavy atom. The van der Waals surface area contributed by atoms with E-state index in [1.54, 1.807) is 0 Å². The van der Waals surface area contributed by atoms with E-state index in [2.05, 4.69) is 30.8 Å². The Balaban J connectivity index is 2.10. The van der Waals surface area contributed by atoms with Crippen LogP contribution in [0.2, 0.25) is 0 Å². The smallest absolute Gasteiger partial charge is 0.273 e. The molecule has 0 fully saturated rings. The van der Waals surface area contributed by atoms with Crippen molar-refractivity contribution in [3.05, 3.63) is 22.3 Å². The maximum absolute atomic E-state index is 11.3. The third kappa shape index (κ3) is 4.10. The Kier molecular flexibility index (Phi) is 4.68. The van der Waals surface area contributed by atoms with Crippen LogP contribution in [0.3, 0.4) is 0 Å². The zero-order valence-corrected chi connectivity index (χ0v) is 8.05. The standard InChI is InChI=1S/C7H11N7O/c8-13-10-4-2-1-3-9-7(15)6-5-11-14-12-6/h5H,1-4H2,(H,9,15)(H,11,12,14). The Labute approximate surface area is 85.7 Å². The maximum atomic E-state index is 11.3. The van der Waals surface area contributed by atoms with E-state index in [0.717, 1.165) is 12.8 Å². The van der Waals surface area contributed by atoms with Crippen molar-refractivity contribution in [3.8, 4) is 0 Å². The molecule has 2 N–H and O–H groups in total. The summed E-state index contributed by atoms with van der Waals surface area (Å²) < 4.78 is 0. The summed E-state index contributed by atoms with van der Waals surface area (Å²) in [7, 11) is 0. The number of hydrogen-bond acceptors (Lipinski definition) is 4. The number of amides is 1. The van der Waals surface area contributed by atoms with E-state index in [1.807, 2.05) is 0 Å². The minimum Gasteiger partial charge on any atom is -0.351 e. The molecule has 80 valence electrons. The van der Waals surface area contributed by atoms with Crippen LogP contribution in [0.25, 0.3) is 10.4 Å². The average Bonchev–Trinajstić information content (AvgIpc) is 2.76. The molecule has 0 aliphatic heterocycles. The van der Waals surface area contributed by atoms with Crippen molar-refractivity contribution in [1.82, 2.24) is 20.7 Å². The molecule has 0 unspecified atom stereocenters. The Morgan fingerprint density at radius 3 is 3.20 bits per heavy atom. The number of carbonyl (C=O) groups excluding carboxylic acids is 1. The van der Waals surface area contributed by atoms with Crippen LogP contribution in [-0.2, 0) is 0 Å². The second-order valence-corrected chi connectivity index (χ2v) is 2.77. The van der Waals surface area contributed by atoms with Crippen molar-refractivity contribution in [2.45, 2.75) is 12.8 Å². The van der Waals surface area contributed by atoms with Crippen LogP contribution >= 0.6 is 0 Å². The number of carbonyl (C=O) groups is 1. The largest absolute Gasteiger partial charge is 0.351 e. The number of aromatic amines is 1. The summed E-state index contributed by atoms with van der Waals surface area (Å²) in [5, 5.41) is 15.5. The van der Waals surface area contributed by atoms with Crippen molar-refractivity contribution >= 4 is 5.91 Å². The van der Waals surface area contributed by atoms with Gasteiger partial charge in [-0.3, -0.25) is 4.79 Å². The Bertz CT molecular complexity index is 340. The van der Waals surface area contributed by atoms with Gasteiger partial charge in [0.2, 0.25) is 0 Å². The van der Waals surface area contributed by atoms with Gasteiger partial charge in [0.15, 0.2) is 5.69 Å². The van der Waals surface area contributed by atoms with E-state index >= 15 is 0 Å². The zero-order chi connectivity index (χ0) is 10.9. The van der Waals surface area contributed by atoms with E-state index in [-0.39, 0.29) is 11.6 Å². The molecule has 0 bridgehead atoms. The molecule has 0 spiro atoms. The average molecular weight is 209 g/mol. The lowest BCUT2D eigenvalue weighted by atomic mass is 10.3. The number of hydrogen-bond donors (Lipinski definition) is 2. The molecule has 1 aromatic heterocycles. The van der Waals surface area contributed by atoms with Crippen LogP contribution in [0, 0.1) is 0 Å². The van der Waals surface area contributed by atoms with E-state index in [9.17, 15) is 4.79 Å². The normalized spacial score (nSPS) is 9.33. The number of azide groups is 1. The highest BCUT2D eigenvalue weighted by Crippen LogP contribution is 1.91. The van der Waals surface area contributed by atoms with Gasteiger partial charge in [0.1, 0.15) is 0 Å². The predicted molar refractivity (Wildman–Crippen MR) is 52.0 cm³/mol. The molecule has 0 aromatic carbocycles. The molecule has 1 aromatic rings. The first kappa shape index (κ1) is 11.0. The number of rotatable bonds is 6. The van der Waals surface area contributed by atoms with E-state index in [0.29, 0.717) is 13.1 Å². The van der Waals surface area contributed by atoms with Crippen LogP contribution < -0.4 is 5.32 Å². The second kappa shape index (κ2) is 6.39. The summed E-state index contributed by atoms with van der Waals surface area (Å²) in [6.45, 7) is 0.989. The topological polar surface area (TPSA) is 119 Å². The lowest BCUT2D eigenvalue weighted by Crippen LogP contribution is -2.24. The highest BCUT2D eigenvalue weighted by atomic mass is 16.1. The summed E-state index contributed by atoms with van der Waals surface area (Å²) in [5.74, 6) is -0.257. The molecule has 0 atom stereocenters. The summed E-state index contributed by atoms with van der Waals surface area (Å²) >= 11 is 0. The van der Waals surface area contributed by atoms with Gasteiger partial charge in [0.25, 0.3) is 5.91 Å². The third-order valence-electron chi connectivity index (χ3n) is 1.68. The first-order valence-corrected chi connectivity index (χ1v) is 4.49. The summed E-state index contributed by atoms with van der Waals surface area (Å²) in [5.41, 5.74) is 8.27. The molecule has 0 radical (unpaired) electrons. The molecular weight excluding hydrogens is 198 g/mol. The van der Waals surface area contributed by atoms with Crippen molar-refractivity contribution in [2.24, 2.45) is 5.11 Å². The molecule has 0 saturated heterocycles. The first-order chi connectivity index (χ1) is 7.34. The molecule has 1 heterocycles. The van der Waals surface area contributed by atoms with Crippen LogP contribution in [0.15, 0.2) is 11.3 Å². The van der Waals surface area contributed by atoms with Crippen molar-refractivity contribution in [3.63, 3.8) is 0 Å². The van der Waals surface area contributed by atoms with Gasteiger partial charge in [-0.15, -0.1) is 0 Å². The lowest BCUT2D eigenvalue weighted by molar-refractivity contribution is 0.0948. The van der Waals surface area contributed by atoms with Gasteiger partial charge in [-0.05, 0) is 18.4 Å². The number of aromatic nitrogens is 3. The quantitative estimate of drug-likeness (QED) is 0.309. The van der Waals surface area contributed by atoms with Crippen molar-refractivity contribution in [2.75, 3.05) is 13.1 Å². The molecule has 0 saturated carbocycles. The zero-order valence-electron chi connectivity index (χ0n) is 8.05. The lowest BCUT2D eigenvalue weighted by Gasteiger charge is -2.00. The first-order valence-electron chi connectivity index (χ1n) is 4.49. The van der Waals surface area contributed by atoms with Crippen molar-refractivity contribution < 1.29 is 4.79 Å². The van der Waals surface area contributed by atoms with Crippen LogP contribution in [0.4, 0.5) is 0 Å². The minimum absolute atomic E-state index is 0.257. The van der Waals surface area contributed by atoms with Crippen LogP contribution in [0.1, 0.15) is 23.3 Å². The highest BCUT2D eigenvalue weighted by molar-refractivity contribution is 5.91. The summed E-state index contributed by atoms with van der Waals surface area (Å²) in [6.07, 6.45) is 2.88. The fraction of sp³-hybridized carbons (Fsp3) is 0.571. The monoisotopic (exact) mass is 209 g/mol. The maximum Gasteiger partial charge on any atom is 0.273 e. The van der Waals surface area contributed by atoms with Crippen LogP contribution in [-0.4, -0.2) is 34.4 Å². The van der Waals surface area contributed by atoms with Crippen molar-refractivity contribution in [1.29, 1.82) is 0 Å². The number of H-pyrrole nitrogens is 1. The number of nitrogens with one attached hydrogen (secondary N) is 2. The molecule has 1 amide bonds. The van der Waals surface area contributed by atoms with Gasteiger partial charge in [0.05, 0.1) is 6.20 Å². The molecule has 8 nitrogen and oxygen atoms in total. The third-order valence-corrected chi connectivity index (χ3v) is 1.68. The van der Waals surface area contributed by atoms with Gasteiger partial charge in [0, 0.05) is 18.0 Å². The predicted octanol–water partition coefficient (Wildman–Crippen LogP) is 0.625. The molecule has 8 heteroatoms. The van der Waals surface area contributed by atoms with E-state index in [1.165, 1.54) is 6.20 Å². The van der Waals surface area contributed by atoms with E-state index < -0.39 is 0 Å². The Hall–Kier alpha value is -2.08. The number of nitrogens with zero attached hydrogens (tertiary/aromatic N) is 5. The molecule has 15 heavy (non-hydrogen) atoms. The van der Waals surface area contributed by atoms with Crippen LogP contribution in [0.5, 0.6) is 0 Å². The summed E-state index contributed by atoms with van der Waals surface area (Å²) in [6, 6.07) is 0. The van der Waals surface area contributed by atoms with Gasteiger partial charge >= 0.3 is 0 Å². The molecule has 0 aliphatic rings. The highest BCUT2D eigenvalue weighted by Gasteiger charge is 2.06. The van der Waals surface area contributed by atoms with Gasteiger partial charge in [-0.2, -0.15) is 15.4 Å². The molecule has 0 aliphatic carbocycles. The second-order valence-electron chi connectivity index (χ2n) is 2.77. The van der Waals surface area contributed by atoms with Gasteiger partial charge in [-0.25, -0.2) is 0 Å². The van der Waals surface area contributed by atoms with Gasteiger partial charge < -0.3 is 5.32 Å². The summed E-state index contributed by atoms with van der Waals surface area (Å²) in [4.78, 5) is 13.9. The fourth-order valence-corrected chi connectivity index (χ4v) is 0.956. The Morgan fingerprint density at radius 2 is 2.53 bits per heavy atom. The van der Waals surface area contributed by atoms with E-state index in [4.69, 9.17) is 5.53 Å².